The summed E-state index contributed by atoms with van der Waals surface area (Å²) in [4.78, 5) is 6.07. The molecule has 1 fully saturated rings. The third kappa shape index (κ3) is 2.87. The number of aliphatic hydroxyl groups is 1. The van der Waals surface area contributed by atoms with Crippen LogP contribution in [-0.4, -0.2) is 38.8 Å². The van der Waals surface area contributed by atoms with Crippen molar-refractivity contribution in [1.29, 1.82) is 0 Å². The molecule has 0 aromatic carbocycles. The Hall–Kier alpha value is -1.01. The van der Waals surface area contributed by atoms with Gasteiger partial charge in [-0.1, -0.05) is 6.92 Å². The number of aliphatic hydroxyl groups excluding tert-OH is 1. The van der Waals surface area contributed by atoms with Crippen LogP contribution >= 0.6 is 0 Å². The highest BCUT2D eigenvalue weighted by Gasteiger charge is 2.27. The van der Waals surface area contributed by atoms with Gasteiger partial charge >= 0.3 is 6.55 Å². The second-order valence-corrected chi connectivity index (χ2v) is 4.79. The van der Waals surface area contributed by atoms with Gasteiger partial charge in [-0.25, -0.2) is 4.98 Å². The van der Waals surface area contributed by atoms with E-state index in [-0.39, 0.29) is 12.0 Å². The minimum Gasteiger partial charge on any atom is -0.393 e. The lowest BCUT2D eigenvalue weighted by atomic mass is 9.92. The molecule has 2 rings (SSSR count). The molecule has 1 aliphatic rings. The summed E-state index contributed by atoms with van der Waals surface area (Å²) in [5.41, 5.74) is 0. The molecule has 1 aromatic heterocycles. The van der Waals surface area contributed by atoms with Crippen molar-refractivity contribution >= 4 is 0 Å². The Morgan fingerprint density at radius 1 is 1.56 bits per heavy atom. The molecule has 0 radical (unpaired) electrons. The largest absolute Gasteiger partial charge is 0.393 e. The highest BCUT2D eigenvalue weighted by Crippen LogP contribution is 2.22. The SMILES string of the molecule is CCC1CN(Cc2nccn2C(F)F)CCC1O. The van der Waals surface area contributed by atoms with Crippen LogP contribution < -0.4 is 0 Å². The van der Waals surface area contributed by atoms with Crippen LogP contribution in [0.2, 0.25) is 0 Å². The number of alkyl halides is 2. The molecule has 1 N–H and O–H groups in total. The minimum atomic E-state index is -2.54. The molecule has 0 saturated carbocycles. The maximum absolute atomic E-state index is 12.7. The monoisotopic (exact) mass is 259 g/mol. The lowest BCUT2D eigenvalue weighted by Crippen LogP contribution is -2.42. The third-order valence-corrected chi connectivity index (χ3v) is 3.63. The van der Waals surface area contributed by atoms with Crippen molar-refractivity contribution in [3.8, 4) is 0 Å². The van der Waals surface area contributed by atoms with Crippen molar-refractivity contribution in [3.63, 3.8) is 0 Å². The van der Waals surface area contributed by atoms with Gasteiger partial charge in [-0.2, -0.15) is 8.78 Å². The molecule has 0 amide bonds. The van der Waals surface area contributed by atoms with Crippen LogP contribution in [0.4, 0.5) is 8.78 Å². The molecule has 0 bridgehead atoms. The number of rotatable bonds is 4. The Kier molecular flexibility index (Phi) is 4.29. The number of imidazole rings is 1. The van der Waals surface area contributed by atoms with Gasteiger partial charge in [0.1, 0.15) is 5.82 Å². The number of halogens is 2. The molecule has 1 saturated heterocycles. The minimum absolute atomic E-state index is 0.230. The lowest BCUT2D eigenvalue weighted by Gasteiger charge is -2.35. The van der Waals surface area contributed by atoms with Gasteiger partial charge in [0.15, 0.2) is 0 Å². The van der Waals surface area contributed by atoms with Crippen LogP contribution in [0.25, 0.3) is 0 Å². The molecule has 1 aliphatic heterocycles. The Bertz CT molecular complexity index is 383. The second-order valence-electron chi connectivity index (χ2n) is 4.79. The second kappa shape index (κ2) is 5.75. The van der Waals surface area contributed by atoms with Crippen molar-refractivity contribution in [2.75, 3.05) is 13.1 Å². The van der Waals surface area contributed by atoms with Gasteiger partial charge in [0.2, 0.25) is 0 Å². The first kappa shape index (κ1) is 13.4. The molecule has 1 aromatic rings. The zero-order valence-electron chi connectivity index (χ0n) is 10.5. The number of nitrogens with zero attached hydrogens (tertiary/aromatic N) is 3. The fourth-order valence-electron chi connectivity index (χ4n) is 2.48. The van der Waals surface area contributed by atoms with Crippen LogP contribution in [-0.2, 0) is 6.54 Å². The predicted molar refractivity (Wildman–Crippen MR) is 63.2 cm³/mol. The van der Waals surface area contributed by atoms with Gasteiger partial charge in [0.05, 0.1) is 12.6 Å². The van der Waals surface area contributed by atoms with Gasteiger partial charge < -0.3 is 5.11 Å². The molecule has 2 heterocycles. The summed E-state index contributed by atoms with van der Waals surface area (Å²) in [6.45, 7) is 1.39. The van der Waals surface area contributed by atoms with Crippen molar-refractivity contribution in [2.45, 2.75) is 39.0 Å². The molecule has 2 atom stereocenters. The van der Waals surface area contributed by atoms with E-state index in [0.717, 1.165) is 24.1 Å². The first-order valence-electron chi connectivity index (χ1n) is 6.32. The van der Waals surface area contributed by atoms with Gasteiger partial charge in [-0.05, 0) is 18.8 Å². The maximum Gasteiger partial charge on any atom is 0.319 e. The standard InChI is InChI=1S/C12H19F2N3O/c1-2-9-7-16(5-3-10(9)18)8-11-15-4-6-17(11)12(13)14/h4,6,9-10,12,18H,2-3,5,7-8H2,1H3. The summed E-state index contributed by atoms with van der Waals surface area (Å²) in [7, 11) is 0. The average molecular weight is 259 g/mol. The first-order valence-corrected chi connectivity index (χ1v) is 6.32. The Labute approximate surface area is 105 Å². The van der Waals surface area contributed by atoms with Crippen molar-refractivity contribution in [1.82, 2.24) is 14.5 Å². The van der Waals surface area contributed by atoms with E-state index in [9.17, 15) is 13.9 Å². The molecular weight excluding hydrogens is 240 g/mol. The summed E-state index contributed by atoms with van der Waals surface area (Å²) >= 11 is 0. The summed E-state index contributed by atoms with van der Waals surface area (Å²) in [5, 5.41) is 9.79. The van der Waals surface area contributed by atoms with Crippen LogP contribution in [0.15, 0.2) is 12.4 Å². The van der Waals surface area contributed by atoms with Gasteiger partial charge in [-0.3, -0.25) is 9.47 Å². The Morgan fingerprint density at radius 3 is 3.00 bits per heavy atom. The number of likely N-dealkylation sites (tertiary alicyclic amines) is 1. The van der Waals surface area contributed by atoms with E-state index < -0.39 is 6.55 Å². The van der Waals surface area contributed by atoms with Gasteiger partial charge in [-0.15, -0.1) is 0 Å². The van der Waals surface area contributed by atoms with E-state index in [1.54, 1.807) is 0 Å². The molecular formula is C12H19F2N3O. The van der Waals surface area contributed by atoms with Gasteiger partial charge in [0, 0.05) is 25.5 Å². The first-order chi connectivity index (χ1) is 8.61. The zero-order chi connectivity index (χ0) is 13.1. The van der Waals surface area contributed by atoms with E-state index in [1.807, 2.05) is 6.92 Å². The highest BCUT2D eigenvalue weighted by molar-refractivity contribution is 4.94. The fraction of sp³-hybridized carbons (Fsp3) is 0.750. The summed E-state index contributed by atoms with van der Waals surface area (Å²) in [5.74, 6) is 0.616. The normalized spacial score (nSPS) is 25.8. The number of piperidine rings is 1. The smallest absolute Gasteiger partial charge is 0.319 e. The predicted octanol–water partition coefficient (Wildman–Crippen LogP) is 1.87. The summed E-state index contributed by atoms with van der Waals surface area (Å²) in [6.07, 6.45) is 4.05. The zero-order valence-corrected chi connectivity index (χ0v) is 10.5. The quantitative estimate of drug-likeness (QED) is 0.897. The molecule has 0 aliphatic carbocycles. The molecule has 0 spiro atoms. The Morgan fingerprint density at radius 2 is 2.33 bits per heavy atom. The van der Waals surface area contributed by atoms with Crippen LogP contribution in [0.3, 0.4) is 0 Å². The molecule has 6 heteroatoms. The van der Waals surface area contributed by atoms with Crippen LogP contribution in [0, 0.1) is 5.92 Å². The van der Waals surface area contributed by atoms with E-state index in [2.05, 4.69) is 9.88 Å². The van der Waals surface area contributed by atoms with E-state index in [4.69, 9.17) is 0 Å². The molecule has 18 heavy (non-hydrogen) atoms. The molecule has 4 nitrogen and oxygen atoms in total. The van der Waals surface area contributed by atoms with Crippen LogP contribution in [0.1, 0.15) is 32.1 Å². The third-order valence-electron chi connectivity index (χ3n) is 3.63. The lowest BCUT2D eigenvalue weighted by molar-refractivity contribution is 0.0172. The topological polar surface area (TPSA) is 41.3 Å². The molecule has 102 valence electrons. The maximum atomic E-state index is 12.7. The summed E-state index contributed by atoms with van der Waals surface area (Å²) in [6, 6.07) is 0. The molecule has 2 unspecified atom stereocenters. The van der Waals surface area contributed by atoms with Crippen molar-refractivity contribution in [2.24, 2.45) is 5.92 Å². The van der Waals surface area contributed by atoms with Gasteiger partial charge in [0.25, 0.3) is 0 Å². The average Bonchev–Trinajstić information content (AvgIpc) is 2.80. The van der Waals surface area contributed by atoms with E-state index in [0.29, 0.717) is 18.8 Å². The fourth-order valence-corrected chi connectivity index (χ4v) is 2.48. The number of aromatic nitrogens is 2. The summed E-state index contributed by atoms with van der Waals surface area (Å²) < 4.78 is 26.3. The van der Waals surface area contributed by atoms with Crippen molar-refractivity contribution in [3.05, 3.63) is 18.2 Å². The number of hydrogen-bond donors (Lipinski definition) is 1. The van der Waals surface area contributed by atoms with Crippen molar-refractivity contribution < 1.29 is 13.9 Å². The van der Waals surface area contributed by atoms with Crippen LogP contribution in [0.5, 0.6) is 0 Å². The number of hydrogen-bond acceptors (Lipinski definition) is 3. The Balaban J connectivity index is 1.99. The van der Waals surface area contributed by atoms with E-state index >= 15 is 0 Å². The highest BCUT2D eigenvalue weighted by atomic mass is 19.3. The van der Waals surface area contributed by atoms with E-state index in [1.165, 1.54) is 12.4 Å².